The van der Waals surface area contributed by atoms with Gasteiger partial charge in [0.25, 0.3) is 0 Å². The van der Waals surface area contributed by atoms with Crippen molar-refractivity contribution in [3.05, 3.63) is 5.82 Å². The molecule has 0 aromatic carbocycles. The van der Waals surface area contributed by atoms with Gasteiger partial charge in [-0.25, -0.2) is 18.3 Å². The second-order valence-electron chi connectivity index (χ2n) is 6.09. The van der Waals surface area contributed by atoms with Crippen molar-refractivity contribution in [1.29, 1.82) is 0 Å². The molecular formula is C13H20F2N6O. The lowest BCUT2D eigenvalue weighted by Crippen LogP contribution is -2.48. The molecule has 1 aliphatic carbocycles. The number of rotatable bonds is 2. The van der Waals surface area contributed by atoms with Crippen molar-refractivity contribution in [1.82, 2.24) is 30.8 Å². The number of carbonyl (C=O) groups is 1. The van der Waals surface area contributed by atoms with Crippen LogP contribution in [0.15, 0.2) is 0 Å². The summed E-state index contributed by atoms with van der Waals surface area (Å²) < 4.78 is 27.9. The number of hydrogen-bond acceptors (Lipinski definition) is 4. The van der Waals surface area contributed by atoms with Crippen LogP contribution in [-0.4, -0.2) is 44.2 Å². The van der Waals surface area contributed by atoms with Gasteiger partial charge in [-0.1, -0.05) is 0 Å². The molecule has 0 spiro atoms. The zero-order valence-corrected chi connectivity index (χ0v) is 12.3. The summed E-state index contributed by atoms with van der Waals surface area (Å²) in [5, 5.41) is 17.2. The first-order valence-corrected chi connectivity index (χ1v) is 7.72. The zero-order valence-electron chi connectivity index (χ0n) is 12.3. The molecule has 122 valence electrons. The van der Waals surface area contributed by atoms with Crippen LogP contribution in [0.2, 0.25) is 0 Å². The van der Waals surface area contributed by atoms with E-state index in [-0.39, 0.29) is 31.0 Å². The van der Waals surface area contributed by atoms with Gasteiger partial charge in [0.05, 0.1) is 0 Å². The van der Waals surface area contributed by atoms with Crippen LogP contribution in [-0.2, 0) is 13.0 Å². The predicted molar refractivity (Wildman–Crippen MR) is 73.4 cm³/mol. The molecule has 9 heteroatoms. The molecule has 2 heterocycles. The van der Waals surface area contributed by atoms with Crippen LogP contribution in [0.5, 0.6) is 0 Å². The molecule has 2 N–H and O–H groups in total. The summed E-state index contributed by atoms with van der Waals surface area (Å²) in [6.07, 6.45) is 2.60. The smallest absolute Gasteiger partial charge is 0.315 e. The molecule has 0 bridgehead atoms. The Morgan fingerprint density at radius 1 is 1.14 bits per heavy atom. The number of alkyl halides is 2. The normalized spacial score (nSPS) is 25.1. The van der Waals surface area contributed by atoms with Gasteiger partial charge >= 0.3 is 6.03 Å². The standard InChI is InChI=1S/C13H20F2N6O/c14-13(15)6-3-10(4-7-13)17-12(22)16-9-1-2-11-18-19-20-21(11)8-5-9/h9-10H,1-8H2,(H2,16,17,22). The molecule has 0 saturated heterocycles. The maximum atomic E-state index is 13.1. The van der Waals surface area contributed by atoms with Crippen LogP contribution in [0.25, 0.3) is 0 Å². The number of aryl methyl sites for hydroxylation is 2. The fourth-order valence-electron chi connectivity index (χ4n) is 3.04. The van der Waals surface area contributed by atoms with Crippen molar-refractivity contribution < 1.29 is 13.6 Å². The van der Waals surface area contributed by atoms with E-state index in [4.69, 9.17) is 0 Å². The molecule has 2 amide bonds. The van der Waals surface area contributed by atoms with E-state index >= 15 is 0 Å². The lowest BCUT2D eigenvalue weighted by Gasteiger charge is -2.29. The van der Waals surface area contributed by atoms with Gasteiger partial charge in [0.15, 0.2) is 5.82 Å². The van der Waals surface area contributed by atoms with Gasteiger partial charge < -0.3 is 10.6 Å². The molecule has 1 aliphatic heterocycles. The highest BCUT2D eigenvalue weighted by molar-refractivity contribution is 5.74. The maximum Gasteiger partial charge on any atom is 0.315 e. The summed E-state index contributed by atoms with van der Waals surface area (Å²) >= 11 is 0. The number of urea groups is 1. The third-order valence-electron chi connectivity index (χ3n) is 4.40. The van der Waals surface area contributed by atoms with Gasteiger partial charge in [-0.2, -0.15) is 0 Å². The average Bonchev–Trinajstić information content (AvgIpc) is 2.84. The monoisotopic (exact) mass is 314 g/mol. The number of amides is 2. The van der Waals surface area contributed by atoms with Crippen molar-refractivity contribution in [2.45, 2.75) is 69.5 Å². The molecule has 1 fully saturated rings. The molecular weight excluding hydrogens is 294 g/mol. The molecule has 1 unspecified atom stereocenters. The SMILES string of the molecule is O=C(NC1CCc2nnnn2CC1)NC1CCC(F)(F)CC1. The van der Waals surface area contributed by atoms with Crippen molar-refractivity contribution in [2.24, 2.45) is 0 Å². The number of nitrogens with zero attached hydrogens (tertiary/aromatic N) is 4. The van der Waals surface area contributed by atoms with E-state index in [1.165, 1.54) is 0 Å². The highest BCUT2D eigenvalue weighted by Gasteiger charge is 2.35. The van der Waals surface area contributed by atoms with E-state index in [2.05, 4.69) is 26.2 Å². The van der Waals surface area contributed by atoms with Gasteiger partial charge in [0.2, 0.25) is 5.92 Å². The quantitative estimate of drug-likeness (QED) is 0.860. The molecule has 1 aromatic rings. The van der Waals surface area contributed by atoms with Gasteiger partial charge in [0, 0.05) is 37.9 Å². The molecule has 22 heavy (non-hydrogen) atoms. The number of hydrogen-bond donors (Lipinski definition) is 2. The molecule has 1 saturated carbocycles. The minimum atomic E-state index is -2.57. The Hall–Kier alpha value is -1.80. The number of carbonyl (C=O) groups excluding carboxylic acids is 1. The van der Waals surface area contributed by atoms with E-state index in [0.717, 1.165) is 18.7 Å². The summed E-state index contributed by atoms with van der Waals surface area (Å²) in [7, 11) is 0. The summed E-state index contributed by atoms with van der Waals surface area (Å²) in [5.74, 6) is -1.74. The Morgan fingerprint density at radius 2 is 1.82 bits per heavy atom. The van der Waals surface area contributed by atoms with Crippen molar-refractivity contribution in [2.75, 3.05) is 0 Å². The van der Waals surface area contributed by atoms with E-state index in [9.17, 15) is 13.6 Å². The van der Waals surface area contributed by atoms with Crippen molar-refractivity contribution in [3.63, 3.8) is 0 Å². The lowest BCUT2D eigenvalue weighted by atomic mass is 9.92. The summed E-state index contributed by atoms with van der Waals surface area (Å²) in [6.45, 7) is 0.670. The first-order valence-electron chi connectivity index (χ1n) is 7.72. The van der Waals surface area contributed by atoms with Crippen LogP contribution in [0.4, 0.5) is 13.6 Å². The van der Waals surface area contributed by atoms with Gasteiger partial charge in [0.1, 0.15) is 0 Å². The molecule has 1 aromatic heterocycles. The van der Waals surface area contributed by atoms with Gasteiger partial charge in [-0.3, -0.25) is 0 Å². The summed E-state index contributed by atoms with van der Waals surface area (Å²) in [6, 6.07) is -0.397. The van der Waals surface area contributed by atoms with E-state index in [1.54, 1.807) is 4.68 Å². The highest BCUT2D eigenvalue weighted by atomic mass is 19.3. The Morgan fingerprint density at radius 3 is 2.55 bits per heavy atom. The van der Waals surface area contributed by atoms with E-state index in [0.29, 0.717) is 25.8 Å². The minimum absolute atomic E-state index is 0.0357. The lowest BCUT2D eigenvalue weighted by molar-refractivity contribution is -0.0395. The molecule has 1 atom stereocenters. The highest BCUT2D eigenvalue weighted by Crippen LogP contribution is 2.32. The number of halogens is 2. The number of aromatic nitrogens is 4. The van der Waals surface area contributed by atoms with Crippen molar-refractivity contribution >= 4 is 6.03 Å². The summed E-state index contributed by atoms with van der Waals surface area (Å²) in [4.78, 5) is 12.0. The van der Waals surface area contributed by atoms with Crippen molar-refractivity contribution in [3.8, 4) is 0 Å². The first-order chi connectivity index (χ1) is 10.5. The number of tetrazole rings is 1. The second-order valence-corrected chi connectivity index (χ2v) is 6.09. The fourth-order valence-corrected chi connectivity index (χ4v) is 3.04. The first kappa shape index (κ1) is 15.1. The summed E-state index contributed by atoms with van der Waals surface area (Å²) in [5.41, 5.74) is 0. The molecule has 0 radical (unpaired) electrons. The third kappa shape index (κ3) is 3.69. The zero-order chi connectivity index (χ0) is 15.6. The van der Waals surface area contributed by atoms with Gasteiger partial charge in [-0.05, 0) is 36.1 Å². The average molecular weight is 314 g/mol. The Labute approximate surface area is 126 Å². The predicted octanol–water partition coefficient (Wildman–Crippen LogP) is 1.26. The number of fused-ring (bicyclic) bond motifs is 1. The topological polar surface area (TPSA) is 84.7 Å². The van der Waals surface area contributed by atoms with E-state index < -0.39 is 5.92 Å². The third-order valence-corrected chi connectivity index (χ3v) is 4.40. The molecule has 3 rings (SSSR count). The van der Waals surface area contributed by atoms with E-state index in [1.807, 2.05) is 0 Å². The maximum absolute atomic E-state index is 13.1. The Bertz CT molecular complexity index is 502. The van der Waals surface area contributed by atoms with Crippen LogP contribution >= 0.6 is 0 Å². The van der Waals surface area contributed by atoms with Gasteiger partial charge in [-0.15, -0.1) is 5.10 Å². The molecule has 2 aliphatic rings. The second kappa shape index (κ2) is 6.13. The van der Waals surface area contributed by atoms with Crippen LogP contribution in [0.1, 0.15) is 44.3 Å². The molecule has 7 nitrogen and oxygen atoms in total. The largest absolute Gasteiger partial charge is 0.335 e. The van der Waals surface area contributed by atoms with Crippen LogP contribution < -0.4 is 10.6 Å². The Kier molecular flexibility index (Phi) is 4.21. The fraction of sp³-hybridized carbons (Fsp3) is 0.846. The van der Waals surface area contributed by atoms with Crippen LogP contribution in [0, 0.1) is 0 Å². The van der Waals surface area contributed by atoms with Crippen LogP contribution in [0.3, 0.4) is 0 Å². The Balaban J connectivity index is 1.43. The number of nitrogens with one attached hydrogen (secondary N) is 2. The minimum Gasteiger partial charge on any atom is -0.335 e.